The van der Waals surface area contributed by atoms with Gasteiger partial charge in [-0.3, -0.25) is 4.79 Å². The molecule has 140 valence electrons. The molecule has 0 radical (unpaired) electrons. The number of carboxylic acids is 1. The minimum atomic E-state index is -1.10. The van der Waals surface area contributed by atoms with Crippen LogP contribution in [0.3, 0.4) is 0 Å². The van der Waals surface area contributed by atoms with E-state index in [0.717, 1.165) is 5.56 Å². The van der Waals surface area contributed by atoms with Crippen molar-refractivity contribution in [2.75, 3.05) is 11.9 Å². The van der Waals surface area contributed by atoms with Gasteiger partial charge >= 0.3 is 5.97 Å². The number of carbonyl (C=O) groups is 2. The van der Waals surface area contributed by atoms with Gasteiger partial charge in [-0.1, -0.05) is 30.3 Å². The summed E-state index contributed by atoms with van der Waals surface area (Å²) in [4.78, 5) is 23.7. The number of hydrogen-bond donors (Lipinski definition) is 2. The maximum Gasteiger partial charge on any atom is 0.332 e. The Morgan fingerprint density at radius 2 is 1.81 bits per heavy atom. The number of ether oxygens (including phenoxy) is 1. The molecule has 5 nitrogen and oxygen atoms in total. The summed E-state index contributed by atoms with van der Waals surface area (Å²) in [6, 6.07) is 12.4. The maximum atomic E-state index is 15.0. The van der Waals surface area contributed by atoms with Gasteiger partial charge in [-0.05, 0) is 43.9 Å². The largest absolute Gasteiger partial charge is 0.490 e. The summed E-state index contributed by atoms with van der Waals surface area (Å²) in [5, 5.41) is 11.7. The van der Waals surface area contributed by atoms with E-state index in [1.54, 1.807) is 13.0 Å². The van der Waals surface area contributed by atoms with E-state index < -0.39 is 17.7 Å². The zero-order valence-electron chi connectivity index (χ0n) is 14.9. The van der Waals surface area contributed by atoms with Crippen LogP contribution in [-0.2, 0) is 9.59 Å². The Kier molecular flexibility index (Phi) is 5.54. The van der Waals surface area contributed by atoms with Crippen LogP contribution in [0.2, 0.25) is 0 Å². The number of aliphatic carboxylic acids is 1. The quantitative estimate of drug-likeness (QED) is 0.792. The van der Waals surface area contributed by atoms with Gasteiger partial charge in [0, 0.05) is 16.7 Å². The Hall–Kier alpha value is -3.15. The van der Waals surface area contributed by atoms with Crippen LogP contribution in [0.25, 0.3) is 11.1 Å². The van der Waals surface area contributed by atoms with Crippen molar-refractivity contribution in [1.29, 1.82) is 0 Å². The topological polar surface area (TPSA) is 75.6 Å². The van der Waals surface area contributed by atoms with Crippen LogP contribution in [0, 0.1) is 5.82 Å². The number of hydrogen-bond acceptors (Lipinski definition) is 3. The highest BCUT2D eigenvalue weighted by atomic mass is 19.1. The van der Waals surface area contributed by atoms with E-state index >= 15 is 4.39 Å². The first kappa shape index (κ1) is 18.6. The van der Waals surface area contributed by atoms with Gasteiger partial charge in [-0.2, -0.15) is 0 Å². The van der Waals surface area contributed by atoms with E-state index in [9.17, 15) is 14.7 Å². The lowest BCUT2D eigenvalue weighted by molar-refractivity contribution is -0.133. The van der Waals surface area contributed by atoms with Gasteiger partial charge in [-0.15, -0.1) is 0 Å². The molecule has 0 saturated heterocycles. The number of halogens is 1. The number of benzene rings is 2. The summed E-state index contributed by atoms with van der Waals surface area (Å²) in [5.41, 5.74) is 1.64. The molecule has 3 rings (SSSR count). The summed E-state index contributed by atoms with van der Waals surface area (Å²) < 4.78 is 20.5. The second-order valence-corrected chi connectivity index (χ2v) is 6.17. The molecule has 0 fully saturated rings. The number of rotatable bonds is 6. The Bertz CT molecular complexity index is 906. The molecule has 0 saturated carbocycles. The lowest BCUT2D eigenvalue weighted by atomic mass is 10.0. The second-order valence-electron chi connectivity index (χ2n) is 6.17. The first-order valence-electron chi connectivity index (χ1n) is 8.80. The molecule has 0 heterocycles. The first-order valence-corrected chi connectivity index (χ1v) is 8.80. The number of nitrogens with one attached hydrogen (secondary N) is 1. The van der Waals surface area contributed by atoms with Gasteiger partial charge in [0.1, 0.15) is 0 Å². The van der Waals surface area contributed by atoms with Crippen molar-refractivity contribution in [2.24, 2.45) is 0 Å². The molecule has 0 spiro atoms. The molecule has 2 N–H and O–H groups in total. The fourth-order valence-corrected chi connectivity index (χ4v) is 3.21. The fourth-order valence-electron chi connectivity index (χ4n) is 3.21. The zero-order chi connectivity index (χ0) is 19.4. The third-order valence-electron chi connectivity index (χ3n) is 4.47. The highest BCUT2D eigenvalue weighted by Gasteiger charge is 2.26. The molecule has 2 aromatic rings. The third-order valence-corrected chi connectivity index (χ3v) is 4.47. The SMILES string of the molecule is CCOc1c(-c2ccccc2)ccc(NC(=O)C2=C(C(=O)O)CCC2)c1F. The average Bonchev–Trinajstić information content (AvgIpc) is 3.16. The van der Waals surface area contributed by atoms with Crippen LogP contribution in [0.4, 0.5) is 10.1 Å². The van der Waals surface area contributed by atoms with Crippen LogP contribution < -0.4 is 10.1 Å². The van der Waals surface area contributed by atoms with Crippen LogP contribution in [0.15, 0.2) is 53.6 Å². The summed E-state index contributed by atoms with van der Waals surface area (Å²) in [7, 11) is 0. The van der Waals surface area contributed by atoms with Gasteiger partial charge in [0.15, 0.2) is 11.6 Å². The molecule has 0 bridgehead atoms. The summed E-state index contributed by atoms with van der Waals surface area (Å²) in [6.07, 6.45) is 1.32. The minimum Gasteiger partial charge on any atom is -0.490 e. The third kappa shape index (κ3) is 3.84. The monoisotopic (exact) mass is 369 g/mol. The smallest absolute Gasteiger partial charge is 0.332 e. The van der Waals surface area contributed by atoms with Crippen LogP contribution >= 0.6 is 0 Å². The van der Waals surface area contributed by atoms with E-state index in [1.165, 1.54) is 6.07 Å². The summed E-state index contributed by atoms with van der Waals surface area (Å²) in [5.74, 6) is -2.31. The number of carbonyl (C=O) groups excluding carboxylic acids is 1. The van der Waals surface area contributed by atoms with Crippen molar-refractivity contribution in [3.05, 3.63) is 59.4 Å². The van der Waals surface area contributed by atoms with Crippen molar-refractivity contribution < 1.29 is 23.8 Å². The summed E-state index contributed by atoms with van der Waals surface area (Å²) >= 11 is 0. The highest BCUT2D eigenvalue weighted by molar-refractivity contribution is 6.09. The standard InChI is InChI=1S/C21H20FNO4/c1-2-27-19-14(13-7-4-3-5-8-13)11-12-17(18(19)22)23-20(24)15-9-6-10-16(15)21(25)26/h3-5,7-8,11-12H,2,6,9-10H2,1H3,(H,23,24)(H,25,26). The van der Waals surface area contributed by atoms with Crippen LogP contribution in [0.1, 0.15) is 26.2 Å². The Labute approximate surface area is 156 Å². The molecule has 0 atom stereocenters. The summed E-state index contributed by atoms with van der Waals surface area (Å²) in [6.45, 7) is 2.02. The lowest BCUT2D eigenvalue weighted by Crippen LogP contribution is -2.17. The minimum absolute atomic E-state index is 0.0349. The van der Waals surface area contributed by atoms with E-state index in [-0.39, 0.29) is 29.2 Å². The van der Waals surface area contributed by atoms with Crippen molar-refractivity contribution in [3.63, 3.8) is 0 Å². The fraction of sp³-hybridized carbons (Fsp3) is 0.238. The molecule has 1 amide bonds. The Balaban J connectivity index is 1.95. The highest BCUT2D eigenvalue weighted by Crippen LogP contribution is 2.37. The Morgan fingerprint density at radius 1 is 1.11 bits per heavy atom. The average molecular weight is 369 g/mol. The predicted octanol–water partition coefficient (Wildman–Crippen LogP) is 4.40. The zero-order valence-corrected chi connectivity index (χ0v) is 14.9. The molecule has 1 aliphatic carbocycles. The van der Waals surface area contributed by atoms with Crippen molar-refractivity contribution in [3.8, 4) is 16.9 Å². The molecule has 2 aromatic carbocycles. The normalized spacial score (nSPS) is 13.6. The molecule has 1 aliphatic rings. The second kappa shape index (κ2) is 8.03. The Morgan fingerprint density at radius 3 is 2.48 bits per heavy atom. The molecule has 0 aromatic heterocycles. The van der Waals surface area contributed by atoms with Gasteiger partial charge < -0.3 is 15.2 Å². The van der Waals surface area contributed by atoms with Crippen molar-refractivity contribution >= 4 is 17.6 Å². The van der Waals surface area contributed by atoms with Gasteiger partial charge in [0.05, 0.1) is 12.3 Å². The molecule has 6 heteroatoms. The number of anilines is 1. The van der Waals surface area contributed by atoms with E-state index in [4.69, 9.17) is 4.74 Å². The molecule has 0 aliphatic heterocycles. The van der Waals surface area contributed by atoms with E-state index in [1.807, 2.05) is 30.3 Å². The van der Waals surface area contributed by atoms with Crippen molar-refractivity contribution in [2.45, 2.75) is 26.2 Å². The van der Waals surface area contributed by atoms with Crippen LogP contribution in [-0.4, -0.2) is 23.6 Å². The van der Waals surface area contributed by atoms with Crippen molar-refractivity contribution in [1.82, 2.24) is 0 Å². The lowest BCUT2D eigenvalue weighted by Gasteiger charge is -2.15. The first-order chi connectivity index (χ1) is 13.0. The molecule has 0 unspecified atom stereocenters. The molecular weight excluding hydrogens is 349 g/mol. The number of carboxylic acid groups (broad SMARTS) is 1. The van der Waals surface area contributed by atoms with E-state index in [2.05, 4.69) is 5.32 Å². The van der Waals surface area contributed by atoms with E-state index in [0.29, 0.717) is 24.8 Å². The van der Waals surface area contributed by atoms with Gasteiger partial charge in [0.2, 0.25) is 0 Å². The maximum absolute atomic E-state index is 15.0. The molecule has 27 heavy (non-hydrogen) atoms. The molecular formula is C21H20FNO4. The van der Waals surface area contributed by atoms with Gasteiger partial charge in [0.25, 0.3) is 5.91 Å². The number of amides is 1. The van der Waals surface area contributed by atoms with Crippen LogP contribution in [0.5, 0.6) is 5.75 Å². The predicted molar refractivity (Wildman–Crippen MR) is 100 cm³/mol. The van der Waals surface area contributed by atoms with Gasteiger partial charge in [-0.25, -0.2) is 9.18 Å².